The first-order chi connectivity index (χ1) is 9.08. The summed E-state index contributed by atoms with van der Waals surface area (Å²) in [5.41, 5.74) is 6.72. The van der Waals surface area contributed by atoms with Gasteiger partial charge in [0.05, 0.1) is 5.70 Å². The van der Waals surface area contributed by atoms with Crippen LogP contribution in [-0.2, 0) is 0 Å². The summed E-state index contributed by atoms with van der Waals surface area (Å²) in [5, 5.41) is 3.66. The zero-order chi connectivity index (χ0) is 13.6. The van der Waals surface area contributed by atoms with E-state index in [0.29, 0.717) is 12.1 Å². The average molecular weight is 254 g/mol. The first-order valence-electron chi connectivity index (χ1n) is 7.11. The molecule has 0 amide bonds. The molecule has 0 radical (unpaired) electrons. The van der Waals surface area contributed by atoms with Gasteiger partial charge in [-0.3, -0.25) is 0 Å². The number of hydrogen-bond donors (Lipinski definition) is 1. The van der Waals surface area contributed by atoms with E-state index >= 15 is 0 Å². The zero-order valence-corrected chi connectivity index (χ0v) is 12.2. The van der Waals surface area contributed by atoms with E-state index in [2.05, 4.69) is 68.3 Å². The zero-order valence-electron chi connectivity index (χ0n) is 12.2. The largest absolute Gasteiger partial charge is 0.367 e. The molecular formula is C17H22N2. The Bertz CT molecular complexity index is 569. The Kier molecular flexibility index (Phi) is 2.89. The molecule has 2 heteroatoms. The predicted octanol–water partition coefficient (Wildman–Crippen LogP) is 3.87. The molecule has 1 N–H and O–H groups in total. The number of aryl methyl sites for hydroxylation is 2. The van der Waals surface area contributed by atoms with Crippen LogP contribution in [0.15, 0.2) is 41.7 Å². The van der Waals surface area contributed by atoms with Crippen molar-refractivity contribution in [3.8, 4) is 0 Å². The molecule has 2 atom stereocenters. The van der Waals surface area contributed by atoms with Gasteiger partial charge in [-0.1, -0.05) is 25.1 Å². The van der Waals surface area contributed by atoms with Crippen molar-refractivity contribution in [2.75, 3.05) is 4.90 Å². The highest BCUT2D eigenvalue weighted by Crippen LogP contribution is 2.36. The van der Waals surface area contributed by atoms with Gasteiger partial charge in [-0.05, 0) is 50.5 Å². The molecule has 2 nitrogen and oxygen atoms in total. The molecule has 0 saturated carbocycles. The van der Waals surface area contributed by atoms with Crippen LogP contribution in [0.4, 0.5) is 5.69 Å². The summed E-state index contributed by atoms with van der Waals surface area (Å²) in [6, 6.07) is 6.68. The summed E-state index contributed by atoms with van der Waals surface area (Å²) >= 11 is 0. The Morgan fingerprint density at radius 3 is 2.79 bits per heavy atom. The molecular weight excluding hydrogens is 232 g/mol. The van der Waals surface area contributed by atoms with Crippen LogP contribution in [-0.4, -0.2) is 6.17 Å². The van der Waals surface area contributed by atoms with E-state index in [1.54, 1.807) is 0 Å². The number of benzene rings is 1. The second-order valence-electron chi connectivity index (χ2n) is 5.82. The quantitative estimate of drug-likeness (QED) is 0.818. The van der Waals surface area contributed by atoms with Crippen molar-refractivity contribution in [3.05, 3.63) is 52.9 Å². The lowest BCUT2D eigenvalue weighted by Gasteiger charge is -2.28. The first-order valence-corrected chi connectivity index (χ1v) is 7.11. The van der Waals surface area contributed by atoms with Crippen LogP contribution in [0.3, 0.4) is 0 Å². The van der Waals surface area contributed by atoms with Crippen LogP contribution < -0.4 is 10.2 Å². The van der Waals surface area contributed by atoms with E-state index < -0.39 is 0 Å². The fourth-order valence-corrected chi connectivity index (χ4v) is 3.09. The minimum Gasteiger partial charge on any atom is -0.367 e. The van der Waals surface area contributed by atoms with Gasteiger partial charge in [-0.15, -0.1) is 0 Å². The summed E-state index contributed by atoms with van der Waals surface area (Å²) in [6.45, 7) is 8.88. The van der Waals surface area contributed by atoms with Gasteiger partial charge < -0.3 is 10.2 Å². The number of nitrogens with one attached hydrogen (secondary N) is 1. The number of nitrogens with zero attached hydrogens (tertiary/aromatic N) is 1. The maximum Gasteiger partial charge on any atom is 0.101 e. The van der Waals surface area contributed by atoms with E-state index in [1.807, 2.05) is 0 Å². The fraction of sp³-hybridized carbons (Fsp3) is 0.412. The number of allylic oxidation sites excluding steroid dienone is 3. The van der Waals surface area contributed by atoms with Gasteiger partial charge in [0.15, 0.2) is 0 Å². The van der Waals surface area contributed by atoms with Crippen molar-refractivity contribution >= 4 is 5.69 Å². The van der Waals surface area contributed by atoms with Gasteiger partial charge in [0.2, 0.25) is 0 Å². The molecule has 0 aromatic heterocycles. The molecule has 1 aliphatic heterocycles. The predicted molar refractivity (Wildman–Crippen MR) is 80.9 cm³/mol. The molecule has 0 bridgehead atoms. The van der Waals surface area contributed by atoms with Crippen molar-refractivity contribution in [2.24, 2.45) is 5.92 Å². The Hall–Kier alpha value is -1.70. The molecule has 100 valence electrons. The summed E-state index contributed by atoms with van der Waals surface area (Å²) in [7, 11) is 0. The molecule has 2 aliphatic rings. The Morgan fingerprint density at radius 1 is 1.21 bits per heavy atom. The maximum absolute atomic E-state index is 3.66. The lowest BCUT2D eigenvalue weighted by molar-refractivity contribution is 0.584. The average Bonchev–Trinajstić information content (AvgIpc) is 2.70. The van der Waals surface area contributed by atoms with Gasteiger partial charge >= 0.3 is 0 Å². The lowest BCUT2D eigenvalue weighted by atomic mass is 9.97. The Morgan fingerprint density at radius 2 is 2.00 bits per heavy atom. The topological polar surface area (TPSA) is 15.3 Å². The van der Waals surface area contributed by atoms with Gasteiger partial charge in [0, 0.05) is 17.3 Å². The third kappa shape index (κ3) is 1.95. The highest BCUT2D eigenvalue weighted by atomic mass is 15.3. The molecule has 1 aromatic rings. The van der Waals surface area contributed by atoms with Gasteiger partial charge in [-0.2, -0.15) is 0 Å². The van der Waals surface area contributed by atoms with Crippen LogP contribution in [0.5, 0.6) is 0 Å². The molecule has 1 aromatic carbocycles. The van der Waals surface area contributed by atoms with E-state index in [0.717, 1.165) is 6.42 Å². The van der Waals surface area contributed by atoms with Crippen molar-refractivity contribution in [1.29, 1.82) is 0 Å². The van der Waals surface area contributed by atoms with Gasteiger partial charge in [0.25, 0.3) is 0 Å². The summed E-state index contributed by atoms with van der Waals surface area (Å²) in [6.07, 6.45) is 6.03. The lowest BCUT2D eigenvalue weighted by Crippen LogP contribution is -2.35. The first kappa shape index (κ1) is 12.3. The van der Waals surface area contributed by atoms with Crippen molar-refractivity contribution < 1.29 is 0 Å². The van der Waals surface area contributed by atoms with E-state index in [1.165, 1.54) is 28.2 Å². The molecule has 2 unspecified atom stereocenters. The molecule has 0 spiro atoms. The molecule has 19 heavy (non-hydrogen) atoms. The minimum absolute atomic E-state index is 0.329. The minimum atomic E-state index is 0.329. The molecule has 3 rings (SSSR count). The Labute approximate surface area is 115 Å². The van der Waals surface area contributed by atoms with Crippen molar-refractivity contribution in [2.45, 2.75) is 40.3 Å². The number of rotatable bonds is 1. The van der Waals surface area contributed by atoms with E-state index in [-0.39, 0.29) is 0 Å². The highest BCUT2D eigenvalue weighted by molar-refractivity contribution is 5.64. The number of hydrogen-bond acceptors (Lipinski definition) is 2. The van der Waals surface area contributed by atoms with Crippen LogP contribution >= 0.6 is 0 Å². The van der Waals surface area contributed by atoms with Crippen LogP contribution in [0, 0.1) is 19.8 Å². The third-order valence-electron chi connectivity index (χ3n) is 4.17. The molecule has 1 heterocycles. The van der Waals surface area contributed by atoms with E-state index in [4.69, 9.17) is 0 Å². The standard InChI is InChI=1S/C17H22N2/c1-11-8-9-12(2)16(10-11)19-14(4)18-17-13(3)6-5-7-15(17)19/h5,7-10,13-14,18H,6H2,1-4H3. The maximum atomic E-state index is 3.66. The summed E-state index contributed by atoms with van der Waals surface area (Å²) in [5.74, 6) is 0.595. The van der Waals surface area contributed by atoms with Crippen molar-refractivity contribution in [3.63, 3.8) is 0 Å². The molecule has 1 aliphatic carbocycles. The second kappa shape index (κ2) is 4.44. The SMILES string of the molecule is Cc1ccc(C)c(N2C3=C(NC2C)C(C)CC=C3)c1. The second-order valence-corrected chi connectivity index (χ2v) is 5.82. The van der Waals surface area contributed by atoms with Crippen LogP contribution in [0.1, 0.15) is 31.4 Å². The van der Waals surface area contributed by atoms with Crippen LogP contribution in [0.25, 0.3) is 0 Å². The Balaban J connectivity index is 2.09. The van der Waals surface area contributed by atoms with E-state index in [9.17, 15) is 0 Å². The molecule has 0 saturated heterocycles. The van der Waals surface area contributed by atoms with Crippen molar-refractivity contribution in [1.82, 2.24) is 5.32 Å². The third-order valence-corrected chi connectivity index (χ3v) is 4.17. The monoisotopic (exact) mass is 254 g/mol. The normalized spacial score (nSPS) is 25.6. The summed E-state index contributed by atoms with van der Waals surface area (Å²) in [4.78, 5) is 2.43. The summed E-state index contributed by atoms with van der Waals surface area (Å²) < 4.78 is 0. The van der Waals surface area contributed by atoms with Gasteiger partial charge in [0.1, 0.15) is 6.17 Å². The fourth-order valence-electron chi connectivity index (χ4n) is 3.09. The molecule has 0 fully saturated rings. The van der Waals surface area contributed by atoms with Crippen LogP contribution in [0.2, 0.25) is 0 Å². The smallest absolute Gasteiger partial charge is 0.101 e. The van der Waals surface area contributed by atoms with Gasteiger partial charge in [-0.25, -0.2) is 0 Å². The highest BCUT2D eigenvalue weighted by Gasteiger charge is 2.32. The number of anilines is 1.